The van der Waals surface area contributed by atoms with Crippen LogP contribution in [0.15, 0.2) is 11.4 Å². The fraction of sp³-hybridized carbons (Fsp3) is 0.615. The van der Waals surface area contributed by atoms with E-state index < -0.39 is 5.60 Å². The summed E-state index contributed by atoms with van der Waals surface area (Å²) in [5.41, 5.74) is -0.510. The van der Waals surface area contributed by atoms with Gasteiger partial charge in [-0.1, -0.05) is 6.92 Å². The Morgan fingerprint density at radius 1 is 1.50 bits per heavy atom. The Hall–Kier alpha value is -1.10. The van der Waals surface area contributed by atoms with Gasteiger partial charge < -0.3 is 9.64 Å². The van der Waals surface area contributed by atoms with E-state index in [1.807, 2.05) is 27.7 Å². The van der Waals surface area contributed by atoms with E-state index in [1.54, 1.807) is 4.90 Å². The van der Waals surface area contributed by atoms with Gasteiger partial charge in [-0.3, -0.25) is 0 Å². The monoisotopic (exact) mass is 273 g/mol. The summed E-state index contributed by atoms with van der Waals surface area (Å²) in [6.07, 6.45) is 0.491. The molecule has 0 bridgehead atoms. The predicted octanol–water partition coefficient (Wildman–Crippen LogP) is 4.03. The lowest BCUT2D eigenvalue weighted by atomic mass is 10.2. The highest BCUT2D eigenvalue weighted by atomic mass is 32.1. The van der Waals surface area contributed by atoms with E-state index >= 15 is 0 Å². The third-order valence-corrected chi connectivity index (χ3v) is 3.01. The van der Waals surface area contributed by atoms with E-state index in [0.29, 0.717) is 13.1 Å². The zero-order valence-corrected chi connectivity index (χ0v) is 12.1. The molecule has 1 heterocycles. The molecule has 0 fully saturated rings. The van der Waals surface area contributed by atoms with Crippen LogP contribution in [0.4, 0.5) is 9.18 Å². The molecule has 0 aliphatic rings. The quantitative estimate of drug-likeness (QED) is 0.828. The molecule has 5 heteroatoms. The number of rotatable bonds is 4. The molecular weight excluding hydrogens is 253 g/mol. The maximum Gasteiger partial charge on any atom is 0.410 e. The minimum Gasteiger partial charge on any atom is -0.444 e. The van der Waals surface area contributed by atoms with Crippen molar-refractivity contribution >= 4 is 17.4 Å². The summed E-state index contributed by atoms with van der Waals surface area (Å²) in [6, 6.07) is 1.46. The highest BCUT2D eigenvalue weighted by Crippen LogP contribution is 2.18. The molecule has 1 aromatic heterocycles. The van der Waals surface area contributed by atoms with E-state index in [9.17, 15) is 9.18 Å². The standard InChI is InChI=1S/C13H20FNO2S/c1-5-6-15(12(16)17-13(2,3)4)8-11-7-10(14)9-18-11/h7,9H,5-6,8H2,1-4H3. The normalized spacial score (nSPS) is 11.4. The van der Waals surface area contributed by atoms with Crippen molar-refractivity contribution in [2.24, 2.45) is 0 Å². The van der Waals surface area contributed by atoms with E-state index in [1.165, 1.54) is 22.8 Å². The Morgan fingerprint density at radius 2 is 2.17 bits per heavy atom. The lowest BCUT2D eigenvalue weighted by Gasteiger charge is -2.26. The topological polar surface area (TPSA) is 29.5 Å². The molecule has 0 radical (unpaired) electrons. The van der Waals surface area contributed by atoms with E-state index in [2.05, 4.69) is 0 Å². The fourth-order valence-corrected chi connectivity index (χ4v) is 2.20. The molecule has 1 rings (SSSR count). The van der Waals surface area contributed by atoms with E-state index in [0.717, 1.165) is 11.3 Å². The van der Waals surface area contributed by atoms with Crippen LogP contribution in [-0.4, -0.2) is 23.1 Å². The molecule has 18 heavy (non-hydrogen) atoms. The Kier molecular flexibility index (Phi) is 5.14. The van der Waals surface area contributed by atoms with Gasteiger partial charge in [-0.25, -0.2) is 9.18 Å². The number of halogens is 1. The molecule has 1 amide bonds. The Morgan fingerprint density at radius 3 is 2.61 bits per heavy atom. The second-order valence-corrected chi connectivity index (χ2v) is 6.13. The average molecular weight is 273 g/mol. The maximum atomic E-state index is 12.9. The average Bonchev–Trinajstić information content (AvgIpc) is 2.61. The molecule has 102 valence electrons. The summed E-state index contributed by atoms with van der Waals surface area (Å²) in [5, 5.41) is 1.44. The predicted molar refractivity (Wildman–Crippen MR) is 71.2 cm³/mol. The first-order valence-corrected chi connectivity index (χ1v) is 6.90. The molecule has 0 saturated heterocycles. The molecule has 0 N–H and O–H groups in total. The minimum atomic E-state index is -0.510. The van der Waals surface area contributed by atoms with Gasteiger partial charge in [-0.05, 0) is 33.3 Å². The van der Waals surface area contributed by atoms with Crippen LogP contribution < -0.4 is 0 Å². The molecule has 0 spiro atoms. The van der Waals surface area contributed by atoms with Gasteiger partial charge in [0.1, 0.15) is 11.4 Å². The molecule has 0 aromatic carbocycles. The zero-order chi connectivity index (χ0) is 13.8. The van der Waals surface area contributed by atoms with Gasteiger partial charge in [0.05, 0.1) is 6.54 Å². The second-order valence-electron chi connectivity index (χ2n) is 5.13. The van der Waals surface area contributed by atoms with Crippen LogP contribution in [0.3, 0.4) is 0 Å². The number of hydrogen-bond acceptors (Lipinski definition) is 3. The minimum absolute atomic E-state index is 0.254. The van der Waals surface area contributed by atoms with Crippen LogP contribution in [0.2, 0.25) is 0 Å². The molecule has 0 saturated carbocycles. The summed E-state index contributed by atoms with van der Waals surface area (Å²) in [6.45, 7) is 8.50. The van der Waals surface area contributed by atoms with Crippen molar-refractivity contribution in [1.29, 1.82) is 0 Å². The Labute approximate surface area is 112 Å². The lowest BCUT2D eigenvalue weighted by Crippen LogP contribution is -2.36. The number of thiophene rings is 1. The first-order chi connectivity index (χ1) is 8.31. The van der Waals surface area contributed by atoms with Crippen LogP contribution in [0, 0.1) is 5.82 Å². The van der Waals surface area contributed by atoms with Gasteiger partial charge in [0.2, 0.25) is 0 Å². The molecule has 0 atom stereocenters. The van der Waals surface area contributed by atoms with Crippen molar-refractivity contribution in [1.82, 2.24) is 4.90 Å². The number of carbonyl (C=O) groups is 1. The largest absolute Gasteiger partial charge is 0.444 e. The van der Waals surface area contributed by atoms with Crippen LogP contribution in [0.25, 0.3) is 0 Å². The molecule has 1 aromatic rings. The van der Waals surface area contributed by atoms with Crippen LogP contribution in [0.5, 0.6) is 0 Å². The summed E-state index contributed by atoms with van der Waals surface area (Å²) in [7, 11) is 0. The molecule has 0 aliphatic heterocycles. The van der Waals surface area contributed by atoms with Crippen molar-refractivity contribution in [3.63, 3.8) is 0 Å². The first-order valence-electron chi connectivity index (χ1n) is 6.02. The van der Waals surface area contributed by atoms with Gasteiger partial charge in [-0.15, -0.1) is 11.3 Å². The number of hydrogen-bond donors (Lipinski definition) is 0. The van der Waals surface area contributed by atoms with E-state index in [-0.39, 0.29) is 11.9 Å². The van der Waals surface area contributed by atoms with Crippen molar-refractivity contribution in [3.05, 3.63) is 22.1 Å². The summed E-state index contributed by atoms with van der Waals surface area (Å²) in [4.78, 5) is 14.4. The third kappa shape index (κ3) is 5.04. The summed E-state index contributed by atoms with van der Waals surface area (Å²) < 4.78 is 18.2. The summed E-state index contributed by atoms with van der Waals surface area (Å²) in [5.74, 6) is -0.254. The third-order valence-electron chi connectivity index (χ3n) is 2.11. The van der Waals surface area contributed by atoms with Gasteiger partial charge in [0, 0.05) is 16.8 Å². The van der Waals surface area contributed by atoms with Crippen molar-refractivity contribution in [2.75, 3.05) is 6.54 Å². The van der Waals surface area contributed by atoms with Crippen molar-refractivity contribution in [2.45, 2.75) is 46.3 Å². The van der Waals surface area contributed by atoms with Gasteiger partial charge in [-0.2, -0.15) is 0 Å². The molecule has 0 unspecified atom stereocenters. The lowest BCUT2D eigenvalue weighted by molar-refractivity contribution is 0.0235. The number of amides is 1. The van der Waals surface area contributed by atoms with Crippen molar-refractivity contribution in [3.8, 4) is 0 Å². The van der Waals surface area contributed by atoms with Gasteiger partial charge >= 0.3 is 6.09 Å². The SMILES string of the molecule is CCCN(Cc1cc(F)cs1)C(=O)OC(C)(C)C. The van der Waals surface area contributed by atoms with Crippen LogP contribution in [0.1, 0.15) is 39.0 Å². The number of nitrogens with zero attached hydrogens (tertiary/aromatic N) is 1. The highest BCUT2D eigenvalue weighted by Gasteiger charge is 2.22. The van der Waals surface area contributed by atoms with E-state index in [4.69, 9.17) is 4.74 Å². The second kappa shape index (κ2) is 6.18. The van der Waals surface area contributed by atoms with Crippen molar-refractivity contribution < 1.29 is 13.9 Å². The molecule has 0 aliphatic carbocycles. The number of carbonyl (C=O) groups excluding carboxylic acids is 1. The van der Waals surface area contributed by atoms with Gasteiger partial charge in [0.15, 0.2) is 0 Å². The maximum absolute atomic E-state index is 12.9. The first kappa shape index (κ1) is 15.0. The molecular formula is C13H20FNO2S. The fourth-order valence-electron chi connectivity index (χ4n) is 1.46. The van der Waals surface area contributed by atoms with Crippen LogP contribution in [-0.2, 0) is 11.3 Å². The Balaban J connectivity index is 2.67. The highest BCUT2D eigenvalue weighted by molar-refractivity contribution is 7.09. The Bertz CT molecular complexity index is 398. The van der Waals surface area contributed by atoms with Gasteiger partial charge in [0.25, 0.3) is 0 Å². The number of ether oxygens (including phenoxy) is 1. The van der Waals surface area contributed by atoms with Crippen LogP contribution >= 0.6 is 11.3 Å². The smallest absolute Gasteiger partial charge is 0.410 e. The molecule has 3 nitrogen and oxygen atoms in total. The zero-order valence-electron chi connectivity index (χ0n) is 11.3. The summed E-state index contributed by atoms with van der Waals surface area (Å²) >= 11 is 1.31.